The number of benzene rings is 1. The lowest BCUT2D eigenvalue weighted by Gasteiger charge is -2.29. The number of hydrogen-bond donors (Lipinski definition) is 0. The van der Waals surface area contributed by atoms with E-state index in [9.17, 15) is 4.79 Å². The van der Waals surface area contributed by atoms with Crippen LogP contribution in [-0.2, 0) is 4.74 Å². The van der Waals surface area contributed by atoms with Gasteiger partial charge in [0.05, 0.1) is 0 Å². The Labute approximate surface area is 93.6 Å². The quantitative estimate of drug-likeness (QED) is 0.736. The standard InChI is InChI=1S/C11H12ClNO2/c1-13-7-6-10(15-11(13)14)8-4-2-3-5-9(8)12/h2-5,10H,6-7H2,1H3/t10-/m0/s1. The molecule has 0 saturated carbocycles. The molecule has 1 amide bonds. The van der Waals surface area contributed by atoms with E-state index >= 15 is 0 Å². The summed E-state index contributed by atoms with van der Waals surface area (Å²) < 4.78 is 5.27. The van der Waals surface area contributed by atoms with Gasteiger partial charge in [-0.1, -0.05) is 29.8 Å². The highest BCUT2D eigenvalue weighted by atomic mass is 35.5. The average molecular weight is 226 g/mol. The third-order valence-electron chi connectivity index (χ3n) is 2.53. The molecular weight excluding hydrogens is 214 g/mol. The van der Waals surface area contributed by atoms with Gasteiger partial charge in [-0.05, 0) is 6.07 Å². The third kappa shape index (κ3) is 2.07. The highest BCUT2D eigenvalue weighted by Gasteiger charge is 2.26. The van der Waals surface area contributed by atoms with E-state index < -0.39 is 0 Å². The molecule has 4 heteroatoms. The number of ether oxygens (including phenoxy) is 1. The second-order valence-electron chi connectivity index (χ2n) is 3.60. The molecule has 1 atom stereocenters. The molecule has 0 radical (unpaired) electrons. The number of nitrogens with zero attached hydrogens (tertiary/aromatic N) is 1. The minimum atomic E-state index is -0.286. The molecule has 0 aromatic heterocycles. The Hall–Kier alpha value is -1.22. The zero-order valence-electron chi connectivity index (χ0n) is 8.44. The first-order valence-electron chi connectivity index (χ1n) is 4.84. The SMILES string of the molecule is CN1CC[C@@H](c2ccccc2Cl)OC1=O. The van der Waals surface area contributed by atoms with E-state index in [4.69, 9.17) is 16.3 Å². The van der Waals surface area contributed by atoms with Crippen LogP contribution in [0, 0.1) is 0 Å². The van der Waals surface area contributed by atoms with Crippen LogP contribution in [-0.4, -0.2) is 24.6 Å². The lowest BCUT2D eigenvalue weighted by molar-refractivity contribution is 0.0325. The molecule has 1 aromatic rings. The van der Waals surface area contributed by atoms with Gasteiger partial charge < -0.3 is 9.64 Å². The molecule has 0 unspecified atom stereocenters. The van der Waals surface area contributed by atoms with Crippen molar-refractivity contribution in [2.45, 2.75) is 12.5 Å². The van der Waals surface area contributed by atoms with Crippen LogP contribution in [0.25, 0.3) is 0 Å². The van der Waals surface area contributed by atoms with Crippen LogP contribution in [0.1, 0.15) is 18.1 Å². The first-order valence-corrected chi connectivity index (χ1v) is 5.22. The fraction of sp³-hybridized carbons (Fsp3) is 0.364. The number of amides is 1. The normalized spacial score (nSPS) is 21.3. The molecule has 1 saturated heterocycles. The van der Waals surface area contributed by atoms with Gasteiger partial charge in [0.2, 0.25) is 0 Å². The summed E-state index contributed by atoms with van der Waals surface area (Å²) in [7, 11) is 1.73. The van der Waals surface area contributed by atoms with E-state index in [1.54, 1.807) is 11.9 Å². The van der Waals surface area contributed by atoms with Gasteiger partial charge in [-0.25, -0.2) is 4.79 Å². The molecule has 3 nitrogen and oxygen atoms in total. The molecular formula is C11H12ClNO2. The molecule has 0 aliphatic carbocycles. The predicted octanol–water partition coefficient (Wildman–Crippen LogP) is 2.85. The molecule has 1 aromatic carbocycles. The maximum atomic E-state index is 11.3. The second-order valence-corrected chi connectivity index (χ2v) is 4.01. The number of carbonyl (C=O) groups is 1. The van der Waals surface area contributed by atoms with E-state index in [1.165, 1.54) is 0 Å². The van der Waals surface area contributed by atoms with Gasteiger partial charge in [0, 0.05) is 30.6 Å². The topological polar surface area (TPSA) is 29.5 Å². The van der Waals surface area contributed by atoms with E-state index in [-0.39, 0.29) is 12.2 Å². The van der Waals surface area contributed by atoms with Crippen molar-refractivity contribution in [3.8, 4) is 0 Å². The predicted molar refractivity (Wildman–Crippen MR) is 57.9 cm³/mol. The van der Waals surface area contributed by atoms with Crippen molar-refractivity contribution in [2.75, 3.05) is 13.6 Å². The summed E-state index contributed by atoms with van der Waals surface area (Å²) >= 11 is 6.04. The molecule has 0 spiro atoms. The third-order valence-corrected chi connectivity index (χ3v) is 2.88. The Morgan fingerprint density at radius 2 is 2.20 bits per heavy atom. The van der Waals surface area contributed by atoms with Gasteiger partial charge in [-0.3, -0.25) is 0 Å². The Kier molecular flexibility index (Phi) is 2.82. The van der Waals surface area contributed by atoms with Gasteiger partial charge in [-0.2, -0.15) is 0 Å². The Morgan fingerprint density at radius 1 is 1.47 bits per heavy atom. The zero-order chi connectivity index (χ0) is 10.8. The first-order chi connectivity index (χ1) is 7.18. The zero-order valence-corrected chi connectivity index (χ0v) is 9.20. The molecule has 2 rings (SSSR count). The maximum Gasteiger partial charge on any atom is 0.410 e. The van der Waals surface area contributed by atoms with Crippen LogP contribution >= 0.6 is 11.6 Å². The molecule has 1 heterocycles. The fourth-order valence-corrected chi connectivity index (χ4v) is 1.89. The van der Waals surface area contributed by atoms with E-state index in [2.05, 4.69) is 0 Å². The minimum Gasteiger partial charge on any atom is -0.441 e. The molecule has 15 heavy (non-hydrogen) atoms. The van der Waals surface area contributed by atoms with Crippen molar-refractivity contribution in [3.05, 3.63) is 34.9 Å². The van der Waals surface area contributed by atoms with E-state index in [1.807, 2.05) is 24.3 Å². The Bertz CT molecular complexity index is 381. The number of halogens is 1. The molecule has 0 N–H and O–H groups in total. The summed E-state index contributed by atoms with van der Waals surface area (Å²) in [6.45, 7) is 0.703. The van der Waals surface area contributed by atoms with Crippen molar-refractivity contribution in [1.29, 1.82) is 0 Å². The van der Waals surface area contributed by atoms with E-state index in [0.717, 1.165) is 12.0 Å². The van der Waals surface area contributed by atoms with Gasteiger partial charge in [0.25, 0.3) is 0 Å². The van der Waals surface area contributed by atoms with Crippen LogP contribution in [0.3, 0.4) is 0 Å². The lowest BCUT2D eigenvalue weighted by Crippen LogP contribution is -2.35. The average Bonchev–Trinajstić information content (AvgIpc) is 2.23. The smallest absolute Gasteiger partial charge is 0.410 e. The van der Waals surface area contributed by atoms with Crippen molar-refractivity contribution in [1.82, 2.24) is 4.90 Å². The lowest BCUT2D eigenvalue weighted by atomic mass is 10.1. The van der Waals surface area contributed by atoms with Gasteiger partial charge in [0.15, 0.2) is 0 Å². The second kappa shape index (κ2) is 4.11. The highest BCUT2D eigenvalue weighted by molar-refractivity contribution is 6.31. The van der Waals surface area contributed by atoms with Crippen molar-refractivity contribution in [2.24, 2.45) is 0 Å². The van der Waals surface area contributed by atoms with Crippen molar-refractivity contribution >= 4 is 17.7 Å². The molecule has 1 fully saturated rings. The summed E-state index contributed by atoms with van der Waals surface area (Å²) in [4.78, 5) is 12.9. The summed E-state index contributed by atoms with van der Waals surface area (Å²) in [5, 5.41) is 0.653. The van der Waals surface area contributed by atoms with Gasteiger partial charge in [0.1, 0.15) is 6.10 Å². The van der Waals surface area contributed by atoms with Crippen LogP contribution in [0.4, 0.5) is 4.79 Å². The van der Waals surface area contributed by atoms with E-state index in [0.29, 0.717) is 11.6 Å². The van der Waals surface area contributed by atoms with Crippen LogP contribution in [0.2, 0.25) is 5.02 Å². The molecule has 0 bridgehead atoms. The first kappa shape index (κ1) is 10.3. The monoisotopic (exact) mass is 225 g/mol. The number of cyclic esters (lactones) is 1. The van der Waals surface area contributed by atoms with Crippen LogP contribution in [0.15, 0.2) is 24.3 Å². The molecule has 1 aliphatic heterocycles. The number of rotatable bonds is 1. The van der Waals surface area contributed by atoms with Gasteiger partial charge in [-0.15, -0.1) is 0 Å². The van der Waals surface area contributed by atoms with Crippen LogP contribution < -0.4 is 0 Å². The largest absolute Gasteiger partial charge is 0.441 e. The van der Waals surface area contributed by atoms with Crippen LogP contribution in [0.5, 0.6) is 0 Å². The van der Waals surface area contributed by atoms with Crippen molar-refractivity contribution < 1.29 is 9.53 Å². The molecule has 80 valence electrons. The highest BCUT2D eigenvalue weighted by Crippen LogP contribution is 2.30. The number of carbonyl (C=O) groups excluding carboxylic acids is 1. The summed E-state index contributed by atoms with van der Waals surface area (Å²) in [6.07, 6.45) is 0.292. The number of hydrogen-bond acceptors (Lipinski definition) is 2. The Balaban J connectivity index is 2.19. The fourth-order valence-electron chi connectivity index (χ4n) is 1.63. The van der Waals surface area contributed by atoms with Gasteiger partial charge >= 0.3 is 6.09 Å². The maximum absolute atomic E-state index is 11.3. The van der Waals surface area contributed by atoms with Crippen molar-refractivity contribution in [3.63, 3.8) is 0 Å². The Morgan fingerprint density at radius 3 is 2.87 bits per heavy atom. The minimum absolute atomic E-state index is 0.206. The summed E-state index contributed by atoms with van der Waals surface area (Å²) in [5.74, 6) is 0. The summed E-state index contributed by atoms with van der Waals surface area (Å²) in [5.41, 5.74) is 0.889. The molecule has 1 aliphatic rings. The summed E-state index contributed by atoms with van der Waals surface area (Å²) in [6, 6.07) is 7.46.